The third-order valence-electron chi connectivity index (χ3n) is 6.49. The van der Waals surface area contributed by atoms with Gasteiger partial charge in [0.1, 0.15) is 17.5 Å². The van der Waals surface area contributed by atoms with E-state index < -0.39 is 12.1 Å². The predicted molar refractivity (Wildman–Crippen MR) is 113 cm³/mol. The predicted octanol–water partition coefficient (Wildman–Crippen LogP) is 2.85. The van der Waals surface area contributed by atoms with Gasteiger partial charge in [-0.05, 0) is 30.4 Å². The third-order valence-corrected chi connectivity index (χ3v) is 7.79. The average molecular weight is 416 g/mol. The Kier molecular flexibility index (Phi) is 5.86. The first-order valence-electron chi connectivity index (χ1n) is 10.6. The summed E-state index contributed by atoms with van der Waals surface area (Å²) in [7, 11) is 0. The molecule has 0 radical (unpaired) electrons. The highest BCUT2D eigenvalue weighted by Gasteiger charge is 2.48. The van der Waals surface area contributed by atoms with Crippen LogP contribution in [0.2, 0.25) is 0 Å². The molecular weight excluding hydrogens is 386 g/mol. The number of benzene rings is 1. The molecule has 2 aliphatic heterocycles. The zero-order chi connectivity index (χ0) is 20.5. The van der Waals surface area contributed by atoms with Gasteiger partial charge in [0.25, 0.3) is 5.91 Å². The van der Waals surface area contributed by atoms with Gasteiger partial charge in [0.05, 0.1) is 0 Å². The highest BCUT2D eigenvalue weighted by molar-refractivity contribution is 7.99. The molecule has 1 aromatic rings. The van der Waals surface area contributed by atoms with Crippen LogP contribution in [0.25, 0.3) is 0 Å². The van der Waals surface area contributed by atoms with Gasteiger partial charge in [0.15, 0.2) is 0 Å². The number of hydrogen-bond acceptors (Lipinski definition) is 4. The van der Waals surface area contributed by atoms with Crippen LogP contribution < -0.4 is 10.6 Å². The summed E-state index contributed by atoms with van der Waals surface area (Å²) in [5.74, 6) is 0.155. The summed E-state index contributed by atoms with van der Waals surface area (Å²) >= 11 is 1.62. The van der Waals surface area contributed by atoms with Crippen molar-refractivity contribution in [1.29, 1.82) is 0 Å². The Morgan fingerprint density at radius 1 is 1.24 bits per heavy atom. The molecule has 0 unspecified atom stereocenters. The van der Waals surface area contributed by atoms with Crippen LogP contribution >= 0.6 is 11.8 Å². The van der Waals surface area contributed by atoms with Crippen molar-refractivity contribution < 1.29 is 14.4 Å². The number of nitrogens with one attached hydrogen (secondary N) is 2. The van der Waals surface area contributed by atoms with Gasteiger partial charge >= 0.3 is 0 Å². The van der Waals surface area contributed by atoms with Crippen LogP contribution in [0.3, 0.4) is 0 Å². The summed E-state index contributed by atoms with van der Waals surface area (Å²) in [6, 6.07) is 6.66. The normalized spacial score (nSPS) is 25.4. The summed E-state index contributed by atoms with van der Waals surface area (Å²) in [6.45, 7) is 4.01. The maximum Gasteiger partial charge on any atom is 0.256 e. The van der Waals surface area contributed by atoms with Crippen molar-refractivity contribution in [3.63, 3.8) is 0 Å². The molecule has 1 saturated heterocycles. The Balaban J connectivity index is 1.47. The molecule has 0 spiro atoms. The molecule has 0 aromatic heterocycles. The summed E-state index contributed by atoms with van der Waals surface area (Å²) in [6.07, 6.45) is 5.09. The fourth-order valence-electron chi connectivity index (χ4n) is 4.55. The topological polar surface area (TPSA) is 78.5 Å². The van der Waals surface area contributed by atoms with Gasteiger partial charge in [-0.1, -0.05) is 51.3 Å². The molecule has 1 saturated carbocycles. The van der Waals surface area contributed by atoms with E-state index in [1.807, 2.05) is 38.1 Å². The van der Waals surface area contributed by atoms with Crippen LogP contribution in [0.1, 0.15) is 67.2 Å². The highest BCUT2D eigenvalue weighted by atomic mass is 32.2. The van der Waals surface area contributed by atoms with Crippen molar-refractivity contribution in [3.8, 4) is 0 Å². The molecule has 0 bridgehead atoms. The van der Waals surface area contributed by atoms with Gasteiger partial charge in [0, 0.05) is 17.4 Å². The van der Waals surface area contributed by atoms with Crippen molar-refractivity contribution in [2.75, 3.05) is 5.75 Å². The first kappa shape index (κ1) is 20.3. The van der Waals surface area contributed by atoms with Crippen molar-refractivity contribution in [2.45, 2.75) is 69.5 Å². The summed E-state index contributed by atoms with van der Waals surface area (Å²) in [5, 5.41) is 6.00. The minimum absolute atomic E-state index is 0.0247. The number of thioether (sulfide) groups is 1. The molecule has 1 aromatic carbocycles. The quantitative estimate of drug-likeness (QED) is 0.749. The Bertz CT molecular complexity index is 808. The largest absolute Gasteiger partial charge is 0.352 e. The fourth-order valence-corrected chi connectivity index (χ4v) is 6.02. The van der Waals surface area contributed by atoms with E-state index in [-0.39, 0.29) is 35.1 Å². The van der Waals surface area contributed by atoms with E-state index in [1.54, 1.807) is 16.7 Å². The Hall–Kier alpha value is -2.02. The van der Waals surface area contributed by atoms with E-state index in [9.17, 15) is 14.4 Å². The van der Waals surface area contributed by atoms with Gasteiger partial charge in [0.2, 0.25) is 11.8 Å². The second kappa shape index (κ2) is 8.38. The molecule has 3 aliphatic rings. The number of hydrogen-bond donors (Lipinski definition) is 2. The minimum Gasteiger partial charge on any atom is -0.352 e. The molecule has 3 amide bonds. The van der Waals surface area contributed by atoms with E-state index in [0.717, 1.165) is 37.7 Å². The second-order valence-corrected chi connectivity index (χ2v) is 9.48. The molecule has 7 heteroatoms. The van der Waals surface area contributed by atoms with Crippen molar-refractivity contribution in [2.24, 2.45) is 5.92 Å². The number of nitrogens with zero attached hydrogens (tertiary/aromatic N) is 1. The van der Waals surface area contributed by atoms with Gasteiger partial charge in [-0.15, -0.1) is 11.8 Å². The fraction of sp³-hybridized carbons (Fsp3) is 0.591. The van der Waals surface area contributed by atoms with Crippen LogP contribution in [-0.2, 0) is 9.59 Å². The summed E-state index contributed by atoms with van der Waals surface area (Å²) < 4.78 is 0. The zero-order valence-corrected chi connectivity index (χ0v) is 17.8. The van der Waals surface area contributed by atoms with Crippen LogP contribution in [-0.4, -0.2) is 46.5 Å². The molecule has 4 atom stereocenters. The van der Waals surface area contributed by atoms with Crippen molar-refractivity contribution in [1.82, 2.24) is 15.5 Å². The Labute approximate surface area is 176 Å². The SMILES string of the molecule is CC[C@@H](C)[C@H](NC(=O)[C@@H]1CS[C@@H]2c3ccccc3C(=O)N21)C(=O)NC1CCCC1. The van der Waals surface area contributed by atoms with E-state index in [4.69, 9.17) is 0 Å². The van der Waals surface area contributed by atoms with Crippen molar-refractivity contribution in [3.05, 3.63) is 35.4 Å². The lowest BCUT2D eigenvalue weighted by atomic mass is 9.97. The van der Waals surface area contributed by atoms with E-state index in [1.165, 1.54) is 0 Å². The number of fused-ring (bicyclic) bond motifs is 3. The molecule has 156 valence electrons. The van der Waals surface area contributed by atoms with E-state index >= 15 is 0 Å². The lowest BCUT2D eigenvalue weighted by Crippen LogP contribution is -2.56. The molecule has 6 nitrogen and oxygen atoms in total. The lowest BCUT2D eigenvalue weighted by Gasteiger charge is -2.28. The second-order valence-electron chi connectivity index (χ2n) is 8.36. The first-order valence-corrected chi connectivity index (χ1v) is 11.7. The Morgan fingerprint density at radius 2 is 1.97 bits per heavy atom. The number of carbonyl (C=O) groups is 3. The van der Waals surface area contributed by atoms with Crippen molar-refractivity contribution >= 4 is 29.5 Å². The van der Waals surface area contributed by atoms with Crippen LogP contribution in [0, 0.1) is 5.92 Å². The number of amides is 3. The smallest absolute Gasteiger partial charge is 0.256 e. The maximum absolute atomic E-state index is 13.2. The Morgan fingerprint density at radius 3 is 2.69 bits per heavy atom. The van der Waals surface area contributed by atoms with Gasteiger partial charge in [-0.25, -0.2) is 0 Å². The van der Waals surface area contributed by atoms with Gasteiger partial charge in [-0.3, -0.25) is 14.4 Å². The minimum atomic E-state index is -0.572. The van der Waals surface area contributed by atoms with Crippen LogP contribution in [0.4, 0.5) is 0 Å². The molecular formula is C22H29N3O3S. The third kappa shape index (κ3) is 3.77. The maximum atomic E-state index is 13.2. The monoisotopic (exact) mass is 415 g/mol. The van der Waals surface area contributed by atoms with Gasteiger partial charge < -0.3 is 15.5 Å². The number of carbonyl (C=O) groups excluding carboxylic acids is 3. The van der Waals surface area contributed by atoms with E-state index in [2.05, 4.69) is 10.6 Å². The summed E-state index contributed by atoms with van der Waals surface area (Å²) in [5.41, 5.74) is 1.66. The summed E-state index contributed by atoms with van der Waals surface area (Å²) in [4.78, 5) is 40.6. The van der Waals surface area contributed by atoms with Crippen LogP contribution in [0.5, 0.6) is 0 Å². The molecule has 2 N–H and O–H groups in total. The first-order chi connectivity index (χ1) is 14.0. The molecule has 4 rings (SSSR count). The van der Waals surface area contributed by atoms with Crippen LogP contribution in [0.15, 0.2) is 24.3 Å². The highest BCUT2D eigenvalue weighted by Crippen LogP contribution is 2.48. The standard InChI is InChI=1S/C22H29N3O3S/c1-3-13(2)18(20(27)23-14-8-4-5-9-14)24-19(26)17-12-29-22-16-11-7-6-10-15(16)21(28)25(17)22/h6-7,10-11,13-14,17-18,22H,3-5,8-9,12H2,1-2H3,(H,23,27)(H,24,26)/t13-,17+,18+,22-/m1/s1. The van der Waals surface area contributed by atoms with E-state index in [0.29, 0.717) is 11.3 Å². The zero-order valence-electron chi connectivity index (χ0n) is 17.0. The molecule has 2 fully saturated rings. The molecule has 29 heavy (non-hydrogen) atoms. The number of rotatable bonds is 6. The van der Waals surface area contributed by atoms with Gasteiger partial charge in [-0.2, -0.15) is 0 Å². The average Bonchev–Trinajstić information content (AvgIpc) is 3.45. The molecule has 1 aliphatic carbocycles. The molecule has 2 heterocycles. The lowest BCUT2D eigenvalue weighted by molar-refractivity contribution is -0.132.